The number of aromatic nitrogens is 3. The molecule has 2 amide bonds. The van der Waals surface area contributed by atoms with Gasteiger partial charge in [-0.25, -0.2) is 14.8 Å². The number of hydrogen-bond acceptors (Lipinski definition) is 8. The van der Waals surface area contributed by atoms with E-state index in [1.807, 2.05) is 0 Å². The summed E-state index contributed by atoms with van der Waals surface area (Å²) < 4.78 is 45.0. The second-order valence-corrected chi connectivity index (χ2v) is 6.75. The van der Waals surface area contributed by atoms with Crippen LogP contribution in [0.25, 0.3) is 0 Å². The van der Waals surface area contributed by atoms with Gasteiger partial charge >= 0.3 is 12.3 Å². The van der Waals surface area contributed by atoms with E-state index in [9.17, 15) is 22.8 Å². The van der Waals surface area contributed by atoms with E-state index >= 15 is 0 Å². The maximum absolute atomic E-state index is 13.3. The summed E-state index contributed by atoms with van der Waals surface area (Å²) in [4.78, 5) is 34.5. The standard InChI is InChI=1S/C21H20F3N7O3/c1-13(32)25-9-10-27-18-16(21(22,23)24)12-28-19(31-18)29-14-5-4-6-15(11-14)30-20(33)34-17-7-2-3-8-26-17/h2-8,11-12H,9-10H2,1H3,(H,25,32)(H,30,33)(H2,27,28,29,31). The highest BCUT2D eigenvalue weighted by Crippen LogP contribution is 2.34. The smallest absolute Gasteiger partial charge is 0.391 e. The molecule has 0 atom stereocenters. The van der Waals surface area contributed by atoms with E-state index in [1.54, 1.807) is 30.3 Å². The normalized spacial score (nSPS) is 10.8. The molecular formula is C21H20F3N7O3. The van der Waals surface area contributed by atoms with Crippen LogP contribution in [-0.4, -0.2) is 40.0 Å². The van der Waals surface area contributed by atoms with Crippen molar-refractivity contribution in [2.45, 2.75) is 13.1 Å². The van der Waals surface area contributed by atoms with Crippen molar-refractivity contribution in [3.8, 4) is 5.88 Å². The van der Waals surface area contributed by atoms with Gasteiger partial charge in [-0.15, -0.1) is 0 Å². The summed E-state index contributed by atoms with van der Waals surface area (Å²) in [6, 6.07) is 11.2. The fraction of sp³-hybridized carbons (Fsp3) is 0.190. The average molecular weight is 475 g/mol. The lowest BCUT2D eigenvalue weighted by atomic mass is 10.2. The Morgan fingerprint density at radius 1 is 1.03 bits per heavy atom. The van der Waals surface area contributed by atoms with E-state index in [2.05, 4.69) is 36.2 Å². The number of pyridine rings is 1. The molecule has 0 aliphatic carbocycles. The molecule has 34 heavy (non-hydrogen) atoms. The molecule has 2 aromatic heterocycles. The van der Waals surface area contributed by atoms with Crippen molar-refractivity contribution < 1.29 is 27.5 Å². The minimum Gasteiger partial charge on any atom is -0.391 e. The fourth-order valence-electron chi connectivity index (χ4n) is 2.65. The maximum Gasteiger partial charge on any atom is 0.421 e. The van der Waals surface area contributed by atoms with Crippen LogP contribution in [0.1, 0.15) is 12.5 Å². The van der Waals surface area contributed by atoms with E-state index in [1.165, 1.54) is 25.3 Å². The van der Waals surface area contributed by atoms with Crippen LogP contribution in [0.2, 0.25) is 0 Å². The summed E-state index contributed by atoms with van der Waals surface area (Å²) in [5.41, 5.74) is -0.292. The van der Waals surface area contributed by atoms with Gasteiger partial charge < -0.3 is 20.7 Å². The van der Waals surface area contributed by atoms with Gasteiger partial charge in [0.1, 0.15) is 11.4 Å². The molecular weight excluding hydrogens is 455 g/mol. The van der Waals surface area contributed by atoms with E-state index < -0.39 is 23.7 Å². The van der Waals surface area contributed by atoms with Crippen molar-refractivity contribution in [3.63, 3.8) is 0 Å². The number of benzene rings is 1. The van der Waals surface area contributed by atoms with Crippen molar-refractivity contribution in [3.05, 3.63) is 60.4 Å². The van der Waals surface area contributed by atoms with E-state index in [4.69, 9.17) is 4.74 Å². The van der Waals surface area contributed by atoms with E-state index in [0.717, 1.165) is 0 Å². The maximum atomic E-state index is 13.3. The van der Waals surface area contributed by atoms with Gasteiger partial charge in [-0.1, -0.05) is 12.1 Å². The molecule has 1 aromatic carbocycles. The second-order valence-electron chi connectivity index (χ2n) is 6.75. The Labute approximate surface area is 192 Å². The van der Waals surface area contributed by atoms with E-state index in [-0.39, 0.29) is 30.8 Å². The number of nitrogens with one attached hydrogen (secondary N) is 4. The number of alkyl halides is 3. The molecule has 10 nitrogen and oxygen atoms in total. The number of ether oxygens (including phenoxy) is 1. The highest BCUT2D eigenvalue weighted by molar-refractivity contribution is 5.87. The van der Waals surface area contributed by atoms with Crippen molar-refractivity contribution in [2.24, 2.45) is 0 Å². The van der Waals surface area contributed by atoms with Crippen LogP contribution in [0, 0.1) is 0 Å². The second kappa shape index (κ2) is 10.9. The highest BCUT2D eigenvalue weighted by Gasteiger charge is 2.35. The number of rotatable bonds is 8. The van der Waals surface area contributed by atoms with Crippen LogP contribution in [0.4, 0.5) is 41.1 Å². The number of hydrogen-bond donors (Lipinski definition) is 4. The zero-order valence-corrected chi connectivity index (χ0v) is 17.8. The summed E-state index contributed by atoms with van der Waals surface area (Å²) in [5.74, 6) is -0.738. The van der Waals surface area contributed by atoms with Crippen LogP contribution in [0.3, 0.4) is 0 Å². The molecule has 0 unspecified atom stereocenters. The zero-order chi connectivity index (χ0) is 24.6. The Morgan fingerprint density at radius 3 is 2.53 bits per heavy atom. The largest absolute Gasteiger partial charge is 0.421 e. The molecule has 3 aromatic rings. The fourth-order valence-corrected chi connectivity index (χ4v) is 2.65. The predicted molar refractivity (Wildman–Crippen MR) is 118 cm³/mol. The van der Waals surface area contributed by atoms with Crippen LogP contribution < -0.4 is 26.0 Å². The number of carbonyl (C=O) groups is 2. The van der Waals surface area contributed by atoms with Gasteiger partial charge in [-0.05, 0) is 24.3 Å². The third-order valence-corrected chi connectivity index (χ3v) is 4.09. The molecule has 0 radical (unpaired) electrons. The summed E-state index contributed by atoms with van der Waals surface area (Å²) in [6.07, 6.45) is -3.32. The van der Waals surface area contributed by atoms with Crippen LogP contribution in [-0.2, 0) is 11.0 Å². The van der Waals surface area contributed by atoms with Gasteiger partial charge in [-0.3, -0.25) is 10.1 Å². The van der Waals surface area contributed by atoms with Crippen molar-refractivity contribution >= 4 is 35.1 Å². The van der Waals surface area contributed by atoms with Gasteiger partial charge in [-0.2, -0.15) is 18.2 Å². The molecule has 3 rings (SSSR count). The summed E-state index contributed by atoms with van der Waals surface area (Å²) in [5, 5.41) is 10.3. The summed E-state index contributed by atoms with van der Waals surface area (Å²) in [7, 11) is 0. The highest BCUT2D eigenvalue weighted by atomic mass is 19.4. The average Bonchev–Trinajstić information content (AvgIpc) is 2.77. The number of halogens is 3. The predicted octanol–water partition coefficient (Wildman–Crippen LogP) is 3.79. The molecule has 0 aliphatic rings. The molecule has 2 heterocycles. The number of nitrogens with zero attached hydrogens (tertiary/aromatic N) is 3. The Bertz CT molecular complexity index is 1140. The van der Waals surface area contributed by atoms with Gasteiger partial charge in [0, 0.05) is 49.8 Å². The van der Waals surface area contributed by atoms with E-state index in [0.29, 0.717) is 17.6 Å². The molecule has 0 saturated heterocycles. The van der Waals surface area contributed by atoms with Crippen molar-refractivity contribution in [1.29, 1.82) is 0 Å². The first-order valence-electron chi connectivity index (χ1n) is 9.90. The first kappa shape index (κ1) is 24.2. The molecule has 0 saturated carbocycles. The Morgan fingerprint density at radius 2 is 1.82 bits per heavy atom. The quantitative estimate of drug-likeness (QED) is 0.362. The number of carbonyl (C=O) groups excluding carboxylic acids is 2. The van der Waals surface area contributed by atoms with Crippen molar-refractivity contribution in [1.82, 2.24) is 20.3 Å². The molecule has 4 N–H and O–H groups in total. The summed E-state index contributed by atoms with van der Waals surface area (Å²) in [6.45, 7) is 1.44. The molecule has 0 fully saturated rings. The number of amides is 2. The van der Waals surface area contributed by atoms with Crippen LogP contribution in [0.5, 0.6) is 5.88 Å². The molecule has 13 heteroatoms. The van der Waals surface area contributed by atoms with Gasteiger partial charge in [0.05, 0.1) is 0 Å². The lowest BCUT2D eigenvalue weighted by molar-refractivity contribution is -0.137. The Hall–Kier alpha value is -4.42. The van der Waals surface area contributed by atoms with Gasteiger partial charge in [0.25, 0.3) is 0 Å². The minimum atomic E-state index is -4.67. The lowest BCUT2D eigenvalue weighted by Crippen LogP contribution is -2.27. The third-order valence-electron chi connectivity index (χ3n) is 4.09. The molecule has 178 valence electrons. The SMILES string of the molecule is CC(=O)NCCNc1nc(Nc2cccc(NC(=O)Oc3ccccn3)c2)ncc1C(F)(F)F. The van der Waals surface area contributed by atoms with Crippen LogP contribution in [0.15, 0.2) is 54.9 Å². The lowest BCUT2D eigenvalue weighted by Gasteiger charge is -2.15. The Balaban J connectivity index is 1.69. The van der Waals surface area contributed by atoms with Crippen molar-refractivity contribution in [2.75, 3.05) is 29.0 Å². The summed E-state index contributed by atoms with van der Waals surface area (Å²) >= 11 is 0. The monoisotopic (exact) mass is 475 g/mol. The molecule has 0 bridgehead atoms. The first-order valence-corrected chi connectivity index (χ1v) is 9.90. The number of anilines is 4. The Kier molecular flexibility index (Phi) is 7.79. The van der Waals surface area contributed by atoms with Gasteiger partial charge in [0.2, 0.25) is 17.7 Å². The van der Waals surface area contributed by atoms with Crippen LogP contribution >= 0.6 is 0 Å². The minimum absolute atomic E-state index is 0.0247. The van der Waals surface area contributed by atoms with Gasteiger partial charge in [0.15, 0.2) is 0 Å². The topological polar surface area (TPSA) is 130 Å². The first-order chi connectivity index (χ1) is 16.2. The molecule has 0 spiro atoms. The zero-order valence-electron chi connectivity index (χ0n) is 17.8. The molecule has 0 aliphatic heterocycles. The third kappa shape index (κ3) is 7.32.